The van der Waals surface area contributed by atoms with Crippen LogP contribution in [0, 0.1) is 6.92 Å². The van der Waals surface area contributed by atoms with Gasteiger partial charge in [0.05, 0.1) is 4.90 Å². The molecule has 146 valence electrons. The number of aromatic amines is 1. The lowest BCUT2D eigenvalue weighted by molar-refractivity contribution is 0.102. The quantitative estimate of drug-likeness (QED) is 0.633. The number of benzene rings is 1. The fourth-order valence-corrected chi connectivity index (χ4v) is 4.72. The summed E-state index contributed by atoms with van der Waals surface area (Å²) in [6, 6.07) is 4.83. The molecule has 0 saturated carbocycles. The van der Waals surface area contributed by atoms with E-state index in [2.05, 4.69) is 25.6 Å². The molecule has 0 fully saturated rings. The van der Waals surface area contributed by atoms with Crippen LogP contribution in [-0.2, 0) is 23.0 Å². The van der Waals surface area contributed by atoms with E-state index < -0.39 is 15.6 Å². The lowest BCUT2D eigenvalue weighted by atomic mass is 10.1. The minimum absolute atomic E-state index is 0.140. The lowest BCUT2D eigenvalue weighted by Gasteiger charge is -2.21. The van der Waals surface area contributed by atoms with Crippen molar-refractivity contribution >= 4 is 21.6 Å². The molecule has 1 aromatic carbocycles. The van der Waals surface area contributed by atoms with E-state index in [1.807, 2.05) is 0 Å². The van der Waals surface area contributed by atoms with Gasteiger partial charge in [0, 0.05) is 42.0 Å². The van der Waals surface area contributed by atoms with Crippen LogP contribution in [0.2, 0.25) is 0 Å². The van der Waals surface area contributed by atoms with Gasteiger partial charge in [0.2, 0.25) is 10.0 Å². The number of aryl methyl sites for hydroxylation is 1. The van der Waals surface area contributed by atoms with Gasteiger partial charge in [-0.3, -0.25) is 9.89 Å². The van der Waals surface area contributed by atoms with Crippen LogP contribution in [-0.4, -0.2) is 36.6 Å². The Bertz CT molecular complexity index is 973. The maximum Gasteiger partial charge on any atom is 0.276 e. The summed E-state index contributed by atoms with van der Waals surface area (Å²) >= 11 is 0. The van der Waals surface area contributed by atoms with Crippen LogP contribution < -0.4 is 15.4 Å². The number of hydrogen-bond acceptors (Lipinski definition) is 5. The van der Waals surface area contributed by atoms with Crippen LogP contribution in [0.5, 0.6) is 0 Å². The fourth-order valence-electron chi connectivity index (χ4n) is 3.03. The van der Waals surface area contributed by atoms with Crippen molar-refractivity contribution in [3.8, 4) is 0 Å². The molecular weight excluding hydrogens is 366 g/mol. The van der Waals surface area contributed by atoms with Crippen LogP contribution in [0.25, 0.3) is 0 Å². The third-order valence-electron chi connectivity index (χ3n) is 4.20. The molecule has 0 spiro atoms. The molecule has 1 aliphatic rings. The van der Waals surface area contributed by atoms with Crippen molar-refractivity contribution < 1.29 is 13.2 Å². The number of nitrogens with one attached hydrogen (secondary N) is 4. The van der Waals surface area contributed by atoms with Crippen LogP contribution in [0.4, 0.5) is 5.69 Å². The number of H-pyrrole nitrogens is 1. The van der Waals surface area contributed by atoms with Crippen molar-refractivity contribution in [2.45, 2.75) is 51.1 Å². The Labute approximate surface area is 159 Å². The number of fused-ring (bicyclic) bond motifs is 1. The molecule has 8 nitrogen and oxygen atoms in total. The Morgan fingerprint density at radius 2 is 2.00 bits per heavy atom. The zero-order valence-corrected chi connectivity index (χ0v) is 16.8. The van der Waals surface area contributed by atoms with Crippen molar-refractivity contribution in [3.05, 3.63) is 40.7 Å². The Hall–Kier alpha value is -2.23. The van der Waals surface area contributed by atoms with E-state index in [-0.39, 0.29) is 10.8 Å². The highest BCUT2D eigenvalue weighted by molar-refractivity contribution is 7.89. The number of amides is 1. The summed E-state index contributed by atoms with van der Waals surface area (Å²) in [6.07, 6.45) is 0.793. The zero-order valence-electron chi connectivity index (χ0n) is 15.9. The Morgan fingerprint density at radius 1 is 1.26 bits per heavy atom. The average molecular weight is 391 g/mol. The molecule has 3 rings (SSSR count). The number of sulfonamides is 1. The van der Waals surface area contributed by atoms with Gasteiger partial charge in [-0.1, -0.05) is 6.07 Å². The minimum atomic E-state index is -3.71. The molecule has 1 aromatic heterocycles. The molecular formula is C18H25N5O3S. The molecule has 0 atom stereocenters. The Morgan fingerprint density at radius 3 is 2.70 bits per heavy atom. The second-order valence-electron chi connectivity index (χ2n) is 7.75. The Balaban J connectivity index is 1.86. The second-order valence-corrected chi connectivity index (χ2v) is 9.40. The Kier molecular flexibility index (Phi) is 5.11. The number of carbonyl (C=O) groups is 1. The topological polar surface area (TPSA) is 116 Å². The molecule has 0 saturated heterocycles. The monoisotopic (exact) mass is 391 g/mol. The highest BCUT2D eigenvalue weighted by atomic mass is 32.2. The van der Waals surface area contributed by atoms with E-state index >= 15 is 0 Å². The second kappa shape index (κ2) is 7.06. The number of carbonyl (C=O) groups excluding carboxylic acids is 1. The molecule has 0 aliphatic carbocycles. The highest BCUT2D eigenvalue weighted by Crippen LogP contribution is 2.23. The first-order valence-corrected chi connectivity index (χ1v) is 10.3. The van der Waals surface area contributed by atoms with Gasteiger partial charge in [-0.05, 0) is 45.4 Å². The van der Waals surface area contributed by atoms with E-state index in [1.165, 1.54) is 6.07 Å². The SMILES string of the molecule is Cc1ccc(NC(=O)c2n[nH]c3c2CNCC3)cc1S(=O)(=O)NC(C)(C)C. The number of anilines is 1. The third-order valence-corrected chi connectivity index (χ3v) is 6.10. The van der Waals surface area contributed by atoms with Crippen molar-refractivity contribution in [1.82, 2.24) is 20.2 Å². The predicted octanol–water partition coefficient (Wildman–Crippen LogP) is 1.69. The smallest absolute Gasteiger partial charge is 0.276 e. The van der Waals surface area contributed by atoms with Crippen molar-refractivity contribution in [3.63, 3.8) is 0 Å². The summed E-state index contributed by atoms with van der Waals surface area (Å²) in [6.45, 7) is 8.48. The van der Waals surface area contributed by atoms with Gasteiger partial charge in [-0.2, -0.15) is 5.10 Å². The van der Waals surface area contributed by atoms with Crippen molar-refractivity contribution in [1.29, 1.82) is 0 Å². The predicted molar refractivity (Wildman–Crippen MR) is 103 cm³/mol. The minimum Gasteiger partial charge on any atom is -0.321 e. The summed E-state index contributed by atoms with van der Waals surface area (Å²) in [5.74, 6) is -0.368. The first-order chi connectivity index (χ1) is 12.6. The first-order valence-electron chi connectivity index (χ1n) is 8.80. The summed E-state index contributed by atoms with van der Waals surface area (Å²) in [5, 5.41) is 13.0. The summed E-state index contributed by atoms with van der Waals surface area (Å²) in [5.41, 5.74) is 2.54. The largest absolute Gasteiger partial charge is 0.321 e. The third kappa shape index (κ3) is 4.37. The van der Waals surface area contributed by atoms with E-state index in [4.69, 9.17) is 0 Å². The van der Waals surface area contributed by atoms with Crippen molar-refractivity contribution in [2.24, 2.45) is 0 Å². The van der Waals surface area contributed by atoms with Gasteiger partial charge in [0.25, 0.3) is 5.91 Å². The number of hydrogen-bond donors (Lipinski definition) is 4. The van der Waals surface area contributed by atoms with Gasteiger partial charge in [0.1, 0.15) is 0 Å². The fraction of sp³-hybridized carbons (Fsp3) is 0.444. The average Bonchev–Trinajstić information content (AvgIpc) is 2.98. The summed E-state index contributed by atoms with van der Waals surface area (Å²) < 4.78 is 28.0. The maximum atomic E-state index is 12.7. The lowest BCUT2D eigenvalue weighted by Crippen LogP contribution is -2.40. The molecule has 0 radical (unpaired) electrons. The van der Waals surface area contributed by atoms with Crippen LogP contribution >= 0.6 is 0 Å². The maximum absolute atomic E-state index is 12.7. The number of rotatable bonds is 4. The summed E-state index contributed by atoms with van der Waals surface area (Å²) in [7, 11) is -3.71. The van der Waals surface area contributed by atoms with Crippen LogP contribution in [0.3, 0.4) is 0 Å². The van der Waals surface area contributed by atoms with E-state index in [0.717, 1.165) is 24.2 Å². The van der Waals surface area contributed by atoms with Gasteiger partial charge >= 0.3 is 0 Å². The highest BCUT2D eigenvalue weighted by Gasteiger charge is 2.25. The van der Waals surface area contributed by atoms with Crippen LogP contribution in [0.15, 0.2) is 23.1 Å². The van der Waals surface area contributed by atoms with Crippen LogP contribution in [0.1, 0.15) is 48.1 Å². The molecule has 0 unspecified atom stereocenters. The standard InChI is InChI=1S/C18H25N5O3S/c1-11-5-6-12(9-15(11)27(25,26)23-18(2,3)4)20-17(24)16-13-10-19-8-7-14(13)21-22-16/h5-6,9,19,23H,7-8,10H2,1-4H3,(H,20,24)(H,21,22). The van der Waals surface area contributed by atoms with E-state index in [9.17, 15) is 13.2 Å². The molecule has 2 aromatic rings. The van der Waals surface area contributed by atoms with E-state index in [0.29, 0.717) is 23.5 Å². The van der Waals surface area contributed by atoms with Gasteiger partial charge < -0.3 is 10.6 Å². The number of aromatic nitrogens is 2. The van der Waals surface area contributed by atoms with Gasteiger partial charge in [0.15, 0.2) is 5.69 Å². The first kappa shape index (κ1) is 19.5. The molecule has 0 bridgehead atoms. The van der Waals surface area contributed by atoms with Crippen molar-refractivity contribution in [2.75, 3.05) is 11.9 Å². The molecule has 1 aliphatic heterocycles. The van der Waals surface area contributed by atoms with Gasteiger partial charge in [-0.15, -0.1) is 0 Å². The van der Waals surface area contributed by atoms with E-state index in [1.54, 1.807) is 39.8 Å². The molecule has 2 heterocycles. The summed E-state index contributed by atoms with van der Waals surface area (Å²) in [4.78, 5) is 12.8. The number of nitrogens with zero attached hydrogens (tertiary/aromatic N) is 1. The molecule has 1 amide bonds. The molecule has 9 heteroatoms. The normalized spacial score (nSPS) is 14.7. The molecule has 4 N–H and O–H groups in total. The van der Waals surface area contributed by atoms with Gasteiger partial charge in [-0.25, -0.2) is 13.1 Å². The molecule has 27 heavy (non-hydrogen) atoms. The zero-order chi connectivity index (χ0) is 19.8.